The van der Waals surface area contributed by atoms with E-state index in [-0.39, 0.29) is 12.5 Å². The molecule has 1 rings (SSSR count). The lowest BCUT2D eigenvalue weighted by Gasteiger charge is -2.24. The van der Waals surface area contributed by atoms with Crippen LogP contribution in [0.4, 0.5) is 5.69 Å². The number of nitrogen functional groups attached to an aromatic ring is 1. The highest BCUT2D eigenvalue weighted by Crippen LogP contribution is 2.24. The number of hydrogen-bond donors (Lipinski definition) is 4. The zero-order valence-corrected chi connectivity index (χ0v) is 10.9. The van der Waals surface area contributed by atoms with Crippen molar-refractivity contribution in [2.75, 3.05) is 12.3 Å². The summed E-state index contributed by atoms with van der Waals surface area (Å²) in [5.41, 5.74) is 6.09. The Bertz CT molecular complexity index is 468. The van der Waals surface area contributed by atoms with Crippen LogP contribution in [0.5, 0.6) is 0 Å². The van der Waals surface area contributed by atoms with Crippen LogP contribution in [0.25, 0.3) is 0 Å². The van der Waals surface area contributed by atoms with E-state index in [9.17, 15) is 9.59 Å². The molecule has 0 unspecified atom stereocenters. The summed E-state index contributed by atoms with van der Waals surface area (Å²) < 4.78 is 0. The summed E-state index contributed by atoms with van der Waals surface area (Å²) in [6.45, 7) is 3.09. The highest BCUT2D eigenvalue weighted by Gasteiger charge is 2.30. The van der Waals surface area contributed by atoms with Crippen molar-refractivity contribution in [3.8, 4) is 0 Å². The molecule has 0 aliphatic carbocycles. The van der Waals surface area contributed by atoms with Crippen LogP contribution >= 0.6 is 0 Å². The lowest BCUT2D eigenvalue weighted by molar-refractivity contribution is -0.146. The maximum Gasteiger partial charge on any atom is 0.334 e. The van der Waals surface area contributed by atoms with E-state index in [2.05, 4.69) is 5.32 Å². The van der Waals surface area contributed by atoms with E-state index < -0.39 is 17.5 Å². The van der Waals surface area contributed by atoms with E-state index in [1.54, 1.807) is 38.1 Å². The third kappa shape index (κ3) is 3.69. The molecule has 1 aromatic rings. The SMILES string of the molecule is CC(C)(C(=O)NC[C@H](O)C(=O)O)c1ccc(N)cc1. The maximum absolute atomic E-state index is 12.0. The number of hydrogen-bond acceptors (Lipinski definition) is 4. The standard InChI is InChI=1S/C13H18N2O4/c1-13(2,8-3-5-9(14)6-4-8)12(19)15-7-10(16)11(17)18/h3-6,10,16H,7,14H2,1-2H3,(H,15,19)(H,17,18)/t10-/m0/s1. The first-order valence-electron chi connectivity index (χ1n) is 5.80. The van der Waals surface area contributed by atoms with Crippen LogP contribution < -0.4 is 11.1 Å². The average Bonchev–Trinajstić information content (AvgIpc) is 2.35. The zero-order chi connectivity index (χ0) is 14.6. The molecule has 19 heavy (non-hydrogen) atoms. The first-order chi connectivity index (χ1) is 8.75. The molecule has 0 radical (unpaired) electrons. The molecular weight excluding hydrogens is 248 g/mol. The number of anilines is 1. The van der Waals surface area contributed by atoms with Crippen LogP contribution in [0.3, 0.4) is 0 Å². The molecule has 6 heteroatoms. The normalized spacial score (nSPS) is 12.8. The minimum Gasteiger partial charge on any atom is -0.479 e. The number of carboxylic acids is 1. The summed E-state index contributed by atoms with van der Waals surface area (Å²) in [6.07, 6.45) is -1.61. The quantitative estimate of drug-likeness (QED) is 0.565. The number of benzene rings is 1. The Labute approximate surface area is 111 Å². The van der Waals surface area contributed by atoms with Crippen molar-refractivity contribution < 1.29 is 19.8 Å². The second-order valence-corrected chi connectivity index (χ2v) is 4.81. The number of aliphatic carboxylic acids is 1. The van der Waals surface area contributed by atoms with Gasteiger partial charge in [0, 0.05) is 5.69 Å². The van der Waals surface area contributed by atoms with Crippen LogP contribution in [0.1, 0.15) is 19.4 Å². The van der Waals surface area contributed by atoms with Gasteiger partial charge in [0.25, 0.3) is 0 Å². The second kappa shape index (κ2) is 5.71. The third-order valence-electron chi connectivity index (χ3n) is 2.94. The van der Waals surface area contributed by atoms with E-state index in [4.69, 9.17) is 15.9 Å². The summed E-state index contributed by atoms with van der Waals surface area (Å²) in [4.78, 5) is 22.5. The molecule has 5 N–H and O–H groups in total. The molecule has 6 nitrogen and oxygen atoms in total. The molecule has 0 aliphatic heterocycles. The Hall–Kier alpha value is -2.08. The molecule has 0 aromatic heterocycles. The predicted molar refractivity (Wildman–Crippen MR) is 70.5 cm³/mol. The third-order valence-corrected chi connectivity index (χ3v) is 2.94. The molecule has 1 aromatic carbocycles. The van der Waals surface area contributed by atoms with Gasteiger partial charge in [-0.3, -0.25) is 4.79 Å². The van der Waals surface area contributed by atoms with Gasteiger partial charge in [0.15, 0.2) is 6.10 Å². The van der Waals surface area contributed by atoms with Gasteiger partial charge < -0.3 is 21.3 Å². The minimum atomic E-state index is -1.61. The number of carbonyl (C=O) groups is 2. The first-order valence-corrected chi connectivity index (χ1v) is 5.80. The Morgan fingerprint density at radius 1 is 1.32 bits per heavy atom. The van der Waals surface area contributed by atoms with Crippen LogP contribution in [0.15, 0.2) is 24.3 Å². The zero-order valence-electron chi connectivity index (χ0n) is 10.9. The largest absolute Gasteiger partial charge is 0.479 e. The van der Waals surface area contributed by atoms with Crippen LogP contribution in [-0.4, -0.2) is 34.7 Å². The van der Waals surface area contributed by atoms with Crippen molar-refractivity contribution in [3.63, 3.8) is 0 Å². The van der Waals surface area contributed by atoms with E-state index >= 15 is 0 Å². The predicted octanol–water partition coefficient (Wildman–Crippen LogP) is 0.108. The number of carbonyl (C=O) groups excluding carboxylic acids is 1. The molecule has 0 spiro atoms. The summed E-state index contributed by atoms with van der Waals surface area (Å²) in [5, 5.41) is 20.1. The summed E-state index contributed by atoms with van der Waals surface area (Å²) in [7, 11) is 0. The summed E-state index contributed by atoms with van der Waals surface area (Å²) in [6, 6.07) is 6.86. The highest BCUT2D eigenvalue weighted by molar-refractivity contribution is 5.87. The van der Waals surface area contributed by atoms with E-state index in [0.717, 1.165) is 5.56 Å². The van der Waals surface area contributed by atoms with Crippen LogP contribution in [0.2, 0.25) is 0 Å². The van der Waals surface area contributed by atoms with Gasteiger partial charge in [0.05, 0.1) is 12.0 Å². The van der Waals surface area contributed by atoms with Gasteiger partial charge in [-0.25, -0.2) is 4.79 Å². The van der Waals surface area contributed by atoms with Gasteiger partial charge in [-0.1, -0.05) is 12.1 Å². The Balaban J connectivity index is 2.74. The smallest absolute Gasteiger partial charge is 0.334 e. The Morgan fingerprint density at radius 2 is 1.84 bits per heavy atom. The van der Waals surface area contributed by atoms with E-state index in [1.165, 1.54) is 0 Å². The molecule has 0 saturated heterocycles. The van der Waals surface area contributed by atoms with Crippen molar-refractivity contribution in [2.24, 2.45) is 0 Å². The number of carboxylic acid groups (broad SMARTS) is 1. The van der Waals surface area contributed by atoms with E-state index in [0.29, 0.717) is 5.69 Å². The molecular formula is C13H18N2O4. The summed E-state index contributed by atoms with van der Waals surface area (Å²) in [5.74, 6) is -1.73. The molecule has 0 aliphatic rings. The van der Waals surface area contributed by atoms with Gasteiger partial charge in [-0.2, -0.15) is 0 Å². The Kier molecular flexibility index (Phi) is 4.50. The lowest BCUT2D eigenvalue weighted by Crippen LogP contribution is -2.44. The van der Waals surface area contributed by atoms with Crippen LogP contribution in [0, 0.1) is 0 Å². The number of rotatable bonds is 5. The monoisotopic (exact) mass is 266 g/mol. The molecule has 1 amide bonds. The van der Waals surface area contributed by atoms with Crippen LogP contribution in [-0.2, 0) is 15.0 Å². The fourth-order valence-corrected chi connectivity index (χ4v) is 1.53. The van der Waals surface area contributed by atoms with Gasteiger partial charge in [0.2, 0.25) is 5.91 Å². The fourth-order valence-electron chi connectivity index (χ4n) is 1.53. The lowest BCUT2D eigenvalue weighted by atomic mass is 9.83. The van der Waals surface area contributed by atoms with E-state index in [1.807, 2.05) is 0 Å². The summed E-state index contributed by atoms with van der Waals surface area (Å²) >= 11 is 0. The molecule has 0 bridgehead atoms. The van der Waals surface area contributed by atoms with Gasteiger partial charge in [0.1, 0.15) is 0 Å². The van der Waals surface area contributed by atoms with Crippen molar-refractivity contribution >= 4 is 17.6 Å². The number of nitrogens with one attached hydrogen (secondary N) is 1. The number of amides is 1. The average molecular weight is 266 g/mol. The molecule has 0 fully saturated rings. The fraction of sp³-hybridized carbons (Fsp3) is 0.385. The van der Waals surface area contributed by atoms with Gasteiger partial charge >= 0.3 is 5.97 Å². The van der Waals surface area contributed by atoms with Crippen molar-refractivity contribution in [2.45, 2.75) is 25.4 Å². The van der Waals surface area contributed by atoms with Crippen molar-refractivity contribution in [3.05, 3.63) is 29.8 Å². The van der Waals surface area contributed by atoms with Gasteiger partial charge in [-0.05, 0) is 31.5 Å². The Morgan fingerprint density at radius 3 is 2.32 bits per heavy atom. The molecule has 1 atom stereocenters. The minimum absolute atomic E-state index is 0.327. The topological polar surface area (TPSA) is 113 Å². The molecule has 104 valence electrons. The van der Waals surface area contributed by atoms with Crippen molar-refractivity contribution in [1.82, 2.24) is 5.32 Å². The highest BCUT2D eigenvalue weighted by atomic mass is 16.4. The van der Waals surface area contributed by atoms with Gasteiger partial charge in [-0.15, -0.1) is 0 Å². The molecule has 0 saturated carbocycles. The second-order valence-electron chi connectivity index (χ2n) is 4.81. The molecule has 0 heterocycles. The number of nitrogens with two attached hydrogens (primary N) is 1. The number of aliphatic hydroxyl groups is 1. The van der Waals surface area contributed by atoms with Crippen molar-refractivity contribution in [1.29, 1.82) is 0 Å². The first kappa shape index (κ1) is 15.0. The maximum atomic E-state index is 12.0. The number of aliphatic hydroxyl groups excluding tert-OH is 1.